The van der Waals surface area contributed by atoms with Crippen LogP contribution in [0.5, 0.6) is 0 Å². The van der Waals surface area contributed by atoms with E-state index < -0.39 is 5.41 Å². The van der Waals surface area contributed by atoms with E-state index in [0.717, 1.165) is 60.9 Å². The van der Waals surface area contributed by atoms with Crippen molar-refractivity contribution in [2.45, 2.75) is 5.41 Å². The Labute approximate surface area is 393 Å². The van der Waals surface area contributed by atoms with Gasteiger partial charge in [-0.2, -0.15) is 0 Å². The molecule has 1 spiro atoms. The summed E-state index contributed by atoms with van der Waals surface area (Å²) >= 11 is 0. The molecule has 2 aliphatic carbocycles. The van der Waals surface area contributed by atoms with Gasteiger partial charge in [0.15, 0.2) is 17.5 Å². The summed E-state index contributed by atoms with van der Waals surface area (Å²) in [5.74, 6) is 1.80. The molecular weight excluding hydrogens is 827 g/mol. The summed E-state index contributed by atoms with van der Waals surface area (Å²) in [6, 6.07) is 84.5. The summed E-state index contributed by atoms with van der Waals surface area (Å²) < 4.78 is 6.61. The SMILES string of the molecule is c1ccc(-c2nc(-c3ccccc3-c3ccccc3)nc(-c3cccc4oc5ccc(-c6cccc(-c7cccc8c7-c7ccccc7C87c8ccccc8-c8ccccc87)c6)cc5c34)n2)cc1. The summed E-state index contributed by atoms with van der Waals surface area (Å²) in [6.45, 7) is 0. The van der Waals surface area contributed by atoms with Gasteiger partial charge < -0.3 is 4.42 Å². The summed E-state index contributed by atoms with van der Waals surface area (Å²) in [5.41, 5.74) is 21.3. The summed E-state index contributed by atoms with van der Waals surface area (Å²) in [4.78, 5) is 15.6. The molecule has 0 unspecified atom stereocenters. The van der Waals surface area contributed by atoms with Crippen LogP contribution in [0.25, 0.3) is 112 Å². The van der Waals surface area contributed by atoms with E-state index in [1.165, 1.54) is 55.6 Å². The van der Waals surface area contributed by atoms with Crippen LogP contribution >= 0.6 is 0 Å². The van der Waals surface area contributed by atoms with Crippen LogP contribution in [-0.4, -0.2) is 15.0 Å². The lowest BCUT2D eigenvalue weighted by atomic mass is 9.70. The zero-order valence-corrected chi connectivity index (χ0v) is 36.8. The minimum absolute atomic E-state index is 0.399. The Hall–Kier alpha value is -8.99. The van der Waals surface area contributed by atoms with Crippen LogP contribution in [0.3, 0.4) is 0 Å². The number of rotatable bonds is 6. The normalized spacial score (nSPS) is 12.8. The maximum absolute atomic E-state index is 6.61. The largest absolute Gasteiger partial charge is 0.456 e. The van der Waals surface area contributed by atoms with Gasteiger partial charge in [-0.05, 0) is 102 Å². The van der Waals surface area contributed by atoms with Gasteiger partial charge in [-0.25, -0.2) is 15.0 Å². The lowest BCUT2D eigenvalue weighted by molar-refractivity contribution is 0.669. The molecule has 14 rings (SSSR count). The van der Waals surface area contributed by atoms with Crippen LogP contribution in [0.1, 0.15) is 22.3 Å². The molecule has 0 saturated carbocycles. The molecule has 0 atom stereocenters. The topological polar surface area (TPSA) is 51.8 Å². The molecule has 0 amide bonds. The molecule has 4 nitrogen and oxygen atoms in total. The minimum Gasteiger partial charge on any atom is -0.456 e. The Balaban J connectivity index is 0.921. The second kappa shape index (κ2) is 15.0. The van der Waals surface area contributed by atoms with Crippen molar-refractivity contribution in [1.82, 2.24) is 15.0 Å². The van der Waals surface area contributed by atoms with E-state index in [9.17, 15) is 0 Å². The second-order valence-electron chi connectivity index (χ2n) is 17.8. The first kappa shape index (κ1) is 38.3. The maximum Gasteiger partial charge on any atom is 0.164 e. The smallest absolute Gasteiger partial charge is 0.164 e. The molecule has 316 valence electrons. The average Bonchev–Trinajstić information content (AvgIpc) is 4.05. The molecule has 2 aliphatic rings. The van der Waals surface area contributed by atoms with Gasteiger partial charge in [-0.3, -0.25) is 0 Å². The molecule has 2 heterocycles. The highest BCUT2D eigenvalue weighted by molar-refractivity contribution is 6.13. The molecule has 10 aromatic carbocycles. The quantitative estimate of drug-likeness (QED) is 0.167. The van der Waals surface area contributed by atoms with Gasteiger partial charge in [0.2, 0.25) is 0 Å². The maximum atomic E-state index is 6.61. The number of fused-ring (bicyclic) bond motifs is 13. The third-order valence-electron chi connectivity index (χ3n) is 14.2. The molecule has 0 radical (unpaired) electrons. The zero-order chi connectivity index (χ0) is 44.8. The summed E-state index contributed by atoms with van der Waals surface area (Å²) in [5, 5.41) is 1.97. The number of nitrogens with zero attached hydrogens (tertiary/aromatic N) is 3. The lowest BCUT2D eigenvalue weighted by Gasteiger charge is -2.30. The lowest BCUT2D eigenvalue weighted by Crippen LogP contribution is -2.25. The standard InChI is InChI=1S/C64H39N3O/c1-3-18-40(19-4-1)45-24-7-8-27-49(45)62-65-61(41-20-5-2-6-21-41)66-63(67-62)51-30-17-35-58-60(51)52-39-43(36-37-57(52)68-58)42-22-15-23-44(38-42)46-29-16-34-56-59(46)50-28-11-14-33-55(50)64(56)53-31-12-9-25-47(53)48-26-10-13-32-54(48)64/h1-39H. The highest BCUT2D eigenvalue weighted by atomic mass is 16.3. The van der Waals surface area contributed by atoms with Crippen molar-refractivity contribution < 1.29 is 4.42 Å². The van der Waals surface area contributed by atoms with Crippen molar-refractivity contribution in [2.75, 3.05) is 0 Å². The molecule has 2 aromatic heterocycles. The van der Waals surface area contributed by atoms with Gasteiger partial charge in [0, 0.05) is 27.5 Å². The molecule has 12 aromatic rings. The van der Waals surface area contributed by atoms with E-state index in [1.807, 2.05) is 54.6 Å². The Morgan fingerprint density at radius 1 is 0.279 bits per heavy atom. The van der Waals surface area contributed by atoms with Crippen molar-refractivity contribution in [3.05, 3.63) is 259 Å². The molecular formula is C64H39N3O. The fourth-order valence-corrected chi connectivity index (χ4v) is 11.3. The van der Waals surface area contributed by atoms with E-state index in [-0.39, 0.29) is 0 Å². The highest BCUT2D eigenvalue weighted by Gasteiger charge is 2.52. The number of furan rings is 1. The number of hydrogen-bond acceptors (Lipinski definition) is 4. The van der Waals surface area contributed by atoms with E-state index in [1.54, 1.807) is 0 Å². The van der Waals surface area contributed by atoms with Crippen LogP contribution in [0, 0.1) is 0 Å². The summed E-state index contributed by atoms with van der Waals surface area (Å²) in [7, 11) is 0. The molecule has 68 heavy (non-hydrogen) atoms. The van der Waals surface area contributed by atoms with Gasteiger partial charge in [0.1, 0.15) is 11.2 Å². The molecule has 0 bridgehead atoms. The molecule has 0 saturated heterocycles. The highest BCUT2D eigenvalue weighted by Crippen LogP contribution is 2.64. The number of benzene rings is 10. The van der Waals surface area contributed by atoms with E-state index >= 15 is 0 Å². The minimum atomic E-state index is -0.399. The summed E-state index contributed by atoms with van der Waals surface area (Å²) in [6.07, 6.45) is 0. The van der Waals surface area contributed by atoms with Crippen molar-refractivity contribution >= 4 is 21.9 Å². The number of aromatic nitrogens is 3. The van der Waals surface area contributed by atoms with Crippen LogP contribution in [0.2, 0.25) is 0 Å². The van der Waals surface area contributed by atoms with Crippen LogP contribution in [0.15, 0.2) is 241 Å². The molecule has 0 N–H and O–H groups in total. The zero-order valence-electron chi connectivity index (χ0n) is 36.8. The average molecular weight is 866 g/mol. The van der Waals surface area contributed by atoms with Gasteiger partial charge in [0.05, 0.1) is 5.41 Å². The van der Waals surface area contributed by atoms with Gasteiger partial charge in [-0.1, -0.05) is 212 Å². The Morgan fingerprint density at radius 2 is 0.765 bits per heavy atom. The van der Waals surface area contributed by atoms with Crippen molar-refractivity contribution in [1.29, 1.82) is 0 Å². The van der Waals surface area contributed by atoms with E-state index in [4.69, 9.17) is 19.4 Å². The van der Waals surface area contributed by atoms with Crippen LogP contribution in [0.4, 0.5) is 0 Å². The Morgan fingerprint density at radius 3 is 1.50 bits per heavy atom. The van der Waals surface area contributed by atoms with Crippen molar-refractivity contribution in [3.8, 4) is 89.8 Å². The van der Waals surface area contributed by atoms with E-state index in [2.05, 4.69) is 182 Å². The predicted octanol–water partition coefficient (Wildman–Crippen LogP) is 16.1. The van der Waals surface area contributed by atoms with Crippen molar-refractivity contribution in [2.24, 2.45) is 0 Å². The fourth-order valence-electron chi connectivity index (χ4n) is 11.3. The van der Waals surface area contributed by atoms with Gasteiger partial charge >= 0.3 is 0 Å². The van der Waals surface area contributed by atoms with Crippen LogP contribution in [-0.2, 0) is 5.41 Å². The Kier molecular flexibility index (Phi) is 8.46. The van der Waals surface area contributed by atoms with Crippen LogP contribution < -0.4 is 0 Å². The second-order valence-corrected chi connectivity index (χ2v) is 17.8. The molecule has 4 heteroatoms. The van der Waals surface area contributed by atoms with Gasteiger partial charge in [-0.15, -0.1) is 0 Å². The Bertz CT molecular complexity index is 3940. The molecule has 0 fully saturated rings. The third kappa shape index (κ3) is 5.64. The fraction of sp³-hybridized carbons (Fsp3) is 0.0156. The van der Waals surface area contributed by atoms with E-state index in [0.29, 0.717) is 17.5 Å². The first-order chi connectivity index (χ1) is 33.7. The third-order valence-corrected chi connectivity index (χ3v) is 14.2. The monoisotopic (exact) mass is 865 g/mol. The first-order valence-corrected chi connectivity index (χ1v) is 23.2. The van der Waals surface area contributed by atoms with Crippen molar-refractivity contribution in [3.63, 3.8) is 0 Å². The predicted molar refractivity (Wildman–Crippen MR) is 276 cm³/mol. The van der Waals surface area contributed by atoms with Gasteiger partial charge in [0.25, 0.3) is 0 Å². The molecule has 0 aliphatic heterocycles. The first-order valence-electron chi connectivity index (χ1n) is 23.2. The number of hydrogen-bond donors (Lipinski definition) is 0.